The lowest BCUT2D eigenvalue weighted by molar-refractivity contribution is -0.115. The van der Waals surface area contributed by atoms with Gasteiger partial charge in [-0.3, -0.25) is 13.9 Å². The molecular formula is C19H21N3O2S. The fourth-order valence-corrected chi connectivity index (χ4v) is 3.54. The van der Waals surface area contributed by atoms with E-state index < -0.39 is 0 Å². The van der Waals surface area contributed by atoms with E-state index >= 15 is 0 Å². The minimum absolute atomic E-state index is 0.0405. The van der Waals surface area contributed by atoms with E-state index in [-0.39, 0.29) is 16.8 Å². The zero-order valence-electron chi connectivity index (χ0n) is 14.5. The number of thioether (sulfide) groups is 1. The molecule has 3 rings (SSSR count). The average Bonchev–Trinajstić information content (AvgIpc) is 2.84. The molecule has 2 aromatic carbocycles. The number of benzene rings is 2. The molecule has 0 radical (unpaired) electrons. The molecule has 1 N–H and O–H groups in total. The number of aryl methyl sites for hydroxylation is 2. The van der Waals surface area contributed by atoms with Crippen molar-refractivity contribution in [2.24, 2.45) is 14.1 Å². The van der Waals surface area contributed by atoms with E-state index in [1.165, 1.54) is 5.56 Å². The number of anilines is 1. The molecule has 0 aliphatic heterocycles. The molecule has 25 heavy (non-hydrogen) atoms. The standard InChI is InChI=1S/C19H21N3O2S/c1-13(25-12-14-7-5-4-6-8-14)18(23)20-15-9-10-16-17(11-15)22(3)19(24)21(16)2/h4-11,13H,12H2,1-3H3,(H,20,23)/t13-/m0/s1. The van der Waals surface area contributed by atoms with Gasteiger partial charge < -0.3 is 5.32 Å². The van der Waals surface area contributed by atoms with Crippen LogP contribution in [0.1, 0.15) is 12.5 Å². The Hall–Kier alpha value is -2.47. The molecular weight excluding hydrogens is 334 g/mol. The molecule has 0 spiro atoms. The molecule has 0 aliphatic carbocycles. The normalized spacial score (nSPS) is 12.3. The molecule has 0 unspecified atom stereocenters. The Morgan fingerprint density at radius 2 is 1.76 bits per heavy atom. The highest BCUT2D eigenvalue weighted by Gasteiger charge is 2.15. The van der Waals surface area contributed by atoms with Crippen LogP contribution in [0.5, 0.6) is 0 Å². The Kier molecular flexibility index (Phi) is 4.99. The van der Waals surface area contributed by atoms with Gasteiger partial charge >= 0.3 is 5.69 Å². The van der Waals surface area contributed by atoms with Crippen molar-refractivity contribution in [3.63, 3.8) is 0 Å². The predicted molar refractivity (Wildman–Crippen MR) is 104 cm³/mol. The number of carbonyl (C=O) groups is 1. The van der Waals surface area contributed by atoms with Gasteiger partial charge in [0.1, 0.15) is 0 Å². The van der Waals surface area contributed by atoms with E-state index in [4.69, 9.17) is 0 Å². The first-order valence-corrected chi connectivity index (χ1v) is 9.14. The van der Waals surface area contributed by atoms with E-state index in [2.05, 4.69) is 17.4 Å². The minimum atomic E-state index is -0.171. The van der Waals surface area contributed by atoms with Gasteiger partial charge in [0.25, 0.3) is 0 Å². The molecule has 1 amide bonds. The van der Waals surface area contributed by atoms with Crippen molar-refractivity contribution in [3.8, 4) is 0 Å². The highest BCUT2D eigenvalue weighted by molar-refractivity contribution is 7.99. The second-order valence-electron chi connectivity index (χ2n) is 6.03. The first-order chi connectivity index (χ1) is 12.0. The van der Waals surface area contributed by atoms with Crippen molar-refractivity contribution in [2.45, 2.75) is 17.9 Å². The van der Waals surface area contributed by atoms with Gasteiger partial charge in [-0.1, -0.05) is 30.3 Å². The zero-order chi connectivity index (χ0) is 18.0. The first-order valence-electron chi connectivity index (χ1n) is 8.09. The second-order valence-corrected chi connectivity index (χ2v) is 7.36. The summed E-state index contributed by atoms with van der Waals surface area (Å²) < 4.78 is 3.18. The van der Waals surface area contributed by atoms with Crippen LogP contribution >= 0.6 is 11.8 Å². The van der Waals surface area contributed by atoms with E-state index in [1.54, 1.807) is 35.0 Å². The molecule has 1 atom stereocenters. The fraction of sp³-hybridized carbons (Fsp3) is 0.263. The third-order valence-corrected chi connectivity index (χ3v) is 5.47. The number of hydrogen-bond acceptors (Lipinski definition) is 3. The number of carbonyl (C=O) groups excluding carboxylic acids is 1. The number of hydrogen-bond donors (Lipinski definition) is 1. The summed E-state index contributed by atoms with van der Waals surface area (Å²) in [7, 11) is 3.47. The zero-order valence-corrected chi connectivity index (χ0v) is 15.3. The molecule has 5 nitrogen and oxygen atoms in total. The lowest BCUT2D eigenvalue weighted by Gasteiger charge is -2.12. The maximum atomic E-state index is 12.4. The van der Waals surface area contributed by atoms with Gasteiger partial charge in [0.15, 0.2) is 0 Å². The SMILES string of the molecule is C[C@H](SCc1ccccc1)C(=O)Nc1ccc2c(c1)n(C)c(=O)n2C. The third kappa shape index (κ3) is 3.64. The van der Waals surface area contributed by atoms with Gasteiger partial charge in [-0.15, -0.1) is 11.8 Å². The van der Waals surface area contributed by atoms with Crippen LogP contribution in [-0.4, -0.2) is 20.3 Å². The number of amides is 1. The minimum Gasteiger partial charge on any atom is -0.325 e. The van der Waals surface area contributed by atoms with Gasteiger partial charge in [0.05, 0.1) is 16.3 Å². The molecule has 1 aromatic heterocycles. The molecule has 0 fully saturated rings. The highest BCUT2D eigenvalue weighted by atomic mass is 32.2. The van der Waals surface area contributed by atoms with Crippen molar-refractivity contribution >= 4 is 34.4 Å². The number of fused-ring (bicyclic) bond motifs is 1. The topological polar surface area (TPSA) is 56.0 Å². The molecule has 0 aliphatic rings. The Bertz CT molecular complexity index is 960. The Morgan fingerprint density at radius 3 is 2.48 bits per heavy atom. The van der Waals surface area contributed by atoms with Gasteiger partial charge in [-0.25, -0.2) is 4.79 Å². The van der Waals surface area contributed by atoms with Crippen LogP contribution in [0.3, 0.4) is 0 Å². The summed E-state index contributed by atoms with van der Waals surface area (Å²) in [6.07, 6.45) is 0. The van der Waals surface area contributed by atoms with E-state index in [0.717, 1.165) is 16.8 Å². The first kappa shape index (κ1) is 17.4. The van der Waals surface area contributed by atoms with Crippen LogP contribution in [0, 0.1) is 0 Å². The van der Waals surface area contributed by atoms with Crippen molar-refractivity contribution in [1.29, 1.82) is 0 Å². The Labute approximate surface area is 150 Å². The molecule has 130 valence electrons. The van der Waals surface area contributed by atoms with Crippen molar-refractivity contribution in [3.05, 3.63) is 64.6 Å². The Balaban J connectivity index is 1.69. The molecule has 0 bridgehead atoms. The number of aromatic nitrogens is 2. The van der Waals surface area contributed by atoms with Crippen molar-refractivity contribution in [2.75, 3.05) is 5.32 Å². The van der Waals surface area contributed by atoms with E-state index in [0.29, 0.717) is 5.69 Å². The smallest absolute Gasteiger partial charge is 0.325 e. The van der Waals surface area contributed by atoms with Gasteiger partial charge in [-0.2, -0.15) is 0 Å². The van der Waals surface area contributed by atoms with Gasteiger partial charge in [-0.05, 0) is 30.7 Å². The summed E-state index contributed by atoms with van der Waals surface area (Å²) >= 11 is 1.60. The monoisotopic (exact) mass is 355 g/mol. The summed E-state index contributed by atoms with van der Waals surface area (Å²) in [5.74, 6) is 0.753. The Morgan fingerprint density at radius 1 is 1.08 bits per heavy atom. The molecule has 0 saturated carbocycles. The maximum Gasteiger partial charge on any atom is 0.328 e. The summed E-state index contributed by atoms with van der Waals surface area (Å²) in [4.78, 5) is 24.4. The maximum absolute atomic E-state index is 12.4. The quantitative estimate of drug-likeness (QED) is 0.765. The van der Waals surface area contributed by atoms with Crippen molar-refractivity contribution in [1.82, 2.24) is 9.13 Å². The summed E-state index contributed by atoms with van der Waals surface area (Å²) in [5, 5.41) is 2.77. The molecule has 1 heterocycles. The predicted octanol–water partition coefficient (Wildman–Crippen LogP) is 3.14. The lowest BCUT2D eigenvalue weighted by atomic mass is 10.2. The van der Waals surface area contributed by atoms with Gasteiger partial charge in [0, 0.05) is 25.5 Å². The molecule has 0 saturated heterocycles. The van der Waals surface area contributed by atoms with Crippen LogP contribution in [0.15, 0.2) is 53.3 Å². The summed E-state index contributed by atoms with van der Waals surface area (Å²) in [5.41, 5.74) is 3.47. The van der Waals surface area contributed by atoms with E-state index in [9.17, 15) is 9.59 Å². The average molecular weight is 355 g/mol. The van der Waals surface area contributed by atoms with Crippen LogP contribution in [-0.2, 0) is 24.6 Å². The van der Waals surface area contributed by atoms with Crippen LogP contribution in [0.2, 0.25) is 0 Å². The van der Waals surface area contributed by atoms with E-state index in [1.807, 2.05) is 43.3 Å². The van der Waals surface area contributed by atoms with Crippen LogP contribution in [0.25, 0.3) is 11.0 Å². The fourth-order valence-electron chi connectivity index (χ4n) is 2.70. The lowest BCUT2D eigenvalue weighted by Crippen LogP contribution is -2.22. The number of rotatable bonds is 5. The number of nitrogens with one attached hydrogen (secondary N) is 1. The molecule has 3 aromatic rings. The van der Waals surface area contributed by atoms with Crippen molar-refractivity contribution < 1.29 is 4.79 Å². The number of imidazole rings is 1. The second kappa shape index (κ2) is 7.19. The summed E-state index contributed by atoms with van der Waals surface area (Å²) in [6, 6.07) is 15.6. The summed E-state index contributed by atoms with van der Waals surface area (Å²) in [6.45, 7) is 1.90. The molecule has 6 heteroatoms. The van der Waals surface area contributed by atoms with Crippen LogP contribution < -0.4 is 11.0 Å². The van der Waals surface area contributed by atoms with Crippen LogP contribution in [0.4, 0.5) is 5.69 Å². The number of nitrogens with zero attached hydrogens (tertiary/aromatic N) is 2. The third-order valence-electron chi connectivity index (χ3n) is 4.25. The van der Waals surface area contributed by atoms with Gasteiger partial charge in [0.2, 0.25) is 5.91 Å². The largest absolute Gasteiger partial charge is 0.328 e. The highest BCUT2D eigenvalue weighted by Crippen LogP contribution is 2.21.